The van der Waals surface area contributed by atoms with Gasteiger partial charge in [-0.05, 0) is 32.3 Å². The molecule has 0 N–H and O–H groups in total. The van der Waals surface area contributed by atoms with Gasteiger partial charge in [-0.2, -0.15) is 5.10 Å². The summed E-state index contributed by atoms with van der Waals surface area (Å²) in [6.45, 7) is 8.85. The molecule has 0 radical (unpaired) electrons. The van der Waals surface area contributed by atoms with Crippen molar-refractivity contribution in [1.29, 1.82) is 0 Å². The zero-order chi connectivity index (χ0) is 10.6. The molecule has 0 aliphatic carbocycles. The molecule has 1 aromatic heterocycles. The second-order valence-corrected chi connectivity index (χ2v) is 3.92. The van der Waals surface area contributed by atoms with Crippen molar-refractivity contribution >= 4 is 0 Å². The van der Waals surface area contributed by atoms with Crippen LogP contribution in [0.2, 0.25) is 0 Å². The van der Waals surface area contributed by atoms with Gasteiger partial charge in [-0.15, -0.1) is 0 Å². The Labute approximate surface area is 87.3 Å². The van der Waals surface area contributed by atoms with Crippen LogP contribution >= 0.6 is 0 Å². The van der Waals surface area contributed by atoms with Crippen LogP contribution in [0.25, 0.3) is 0 Å². The van der Waals surface area contributed by atoms with Gasteiger partial charge >= 0.3 is 0 Å². The highest BCUT2D eigenvalue weighted by molar-refractivity contribution is 5.11. The largest absolute Gasteiger partial charge is 0.267 e. The molecule has 14 heavy (non-hydrogen) atoms. The Morgan fingerprint density at radius 2 is 2.00 bits per heavy atom. The molecule has 1 aromatic rings. The standard InChI is InChI=1S/C12H22N2/c1-5-8-10(4)14-12(7-3)9-11(6-2)13-14/h9-10H,5-8H2,1-4H3. The van der Waals surface area contributed by atoms with Gasteiger partial charge in [0.2, 0.25) is 0 Å². The zero-order valence-corrected chi connectivity index (χ0v) is 9.88. The van der Waals surface area contributed by atoms with Crippen molar-refractivity contribution in [2.24, 2.45) is 0 Å². The van der Waals surface area contributed by atoms with Gasteiger partial charge < -0.3 is 0 Å². The molecule has 0 spiro atoms. The maximum atomic E-state index is 4.63. The first-order valence-electron chi connectivity index (χ1n) is 5.80. The van der Waals surface area contributed by atoms with Crippen molar-refractivity contribution in [2.75, 3.05) is 0 Å². The predicted molar refractivity (Wildman–Crippen MR) is 60.6 cm³/mol. The summed E-state index contributed by atoms with van der Waals surface area (Å²) in [6.07, 6.45) is 4.57. The lowest BCUT2D eigenvalue weighted by molar-refractivity contribution is 0.438. The van der Waals surface area contributed by atoms with E-state index in [-0.39, 0.29) is 0 Å². The first-order valence-corrected chi connectivity index (χ1v) is 5.80. The van der Waals surface area contributed by atoms with Gasteiger partial charge in [0.15, 0.2) is 0 Å². The Hall–Kier alpha value is -0.790. The average Bonchev–Trinajstić information content (AvgIpc) is 2.61. The minimum Gasteiger partial charge on any atom is -0.267 e. The van der Waals surface area contributed by atoms with Crippen LogP contribution in [0.5, 0.6) is 0 Å². The summed E-state index contributed by atoms with van der Waals surface area (Å²) in [4.78, 5) is 0. The molecule has 0 amide bonds. The van der Waals surface area contributed by atoms with Gasteiger partial charge in [-0.3, -0.25) is 4.68 Å². The monoisotopic (exact) mass is 194 g/mol. The summed E-state index contributed by atoms with van der Waals surface area (Å²) in [5.41, 5.74) is 2.60. The lowest BCUT2D eigenvalue weighted by Crippen LogP contribution is -2.10. The maximum absolute atomic E-state index is 4.63. The van der Waals surface area contributed by atoms with Gasteiger partial charge in [0.25, 0.3) is 0 Å². The van der Waals surface area contributed by atoms with Crippen molar-refractivity contribution in [3.8, 4) is 0 Å². The second-order valence-electron chi connectivity index (χ2n) is 3.92. The number of aryl methyl sites for hydroxylation is 2. The van der Waals surface area contributed by atoms with E-state index in [1.807, 2.05) is 0 Å². The summed E-state index contributed by atoms with van der Waals surface area (Å²) in [5, 5.41) is 4.63. The van der Waals surface area contributed by atoms with Gasteiger partial charge in [-0.25, -0.2) is 0 Å². The SMILES string of the molecule is CCCC(C)n1nc(CC)cc1CC. The van der Waals surface area contributed by atoms with Crippen LogP contribution in [0.3, 0.4) is 0 Å². The molecular weight excluding hydrogens is 172 g/mol. The topological polar surface area (TPSA) is 17.8 Å². The fourth-order valence-electron chi connectivity index (χ4n) is 1.85. The third kappa shape index (κ3) is 2.37. The molecule has 0 saturated carbocycles. The lowest BCUT2D eigenvalue weighted by Gasteiger charge is -2.13. The first-order chi connectivity index (χ1) is 6.72. The summed E-state index contributed by atoms with van der Waals surface area (Å²) >= 11 is 0. The summed E-state index contributed by atoms with van der Waals surface area (Å²) in [6, 6.07) is 2.79. The Balaban J connectivity index is 2.87. The predicted octanol–water partition coefficient (Wildman–Crippen LogP) is 3.37. The quantitative estimate of drug-likeness (QED) is 0.702. The highest BCUT2D eigenvalue weighted by Gasteiger charge is 2.10. The third-order valence-corrected chi connectivity index (χ3v) is 2.71. The summed E-state index contributed by atoms with van der Waals surface area (Å²) < 4.78 is 2.21. The van der Waals surface area contributed by atoms with Crippen LogP contribution in [-0.4, -0.2) is 9.78 Å². The van der Waals surface area contributed by atoms with Crippen LogP contribution < -0.4 is 0 Å². The van der Waals surface area contributed by atoms with E-state index in [9.17, 15) is 0 Å². The van der Waals surface area contributed by atoms with Gasteiger partial charge in [-0.1, -0.05) is 27.2 Å². The average molecular weight is 194 g/mol. The Bertz CT molecular complexity index is 276. The lowest BCUT2D eigenvalue weighted by atomic mass is 10.2. The van der Waals surface area contributed by atoms with E-state index in [2.05, 4.69) is 43.5 Å². The van der Waals surface area contributed by atoms with E-state index >= 15 is 0 Å². The molecule has 0 bridgehead atoms. The number of hydrogen-bond donors (Lipinski definition) is 0. The van der Waals surface area contributed by atoms with Crippen LogP contribution in [0.15, 0.2) is 6.07 Å². The molecule has 1 heterocycles. The van der Waals surface area contributed by atoms with Crippen molar-refractivity contribution in [2.45, 2.75) is 59.4 Å². The fourth-order valence-corrected chi connectivity index (χ4v) is 1.85. The molecule has 0 aliphatic heterocycles. The van der Waals surface area contributed by atoms with Crippen LogP contribution in [-0.2, 0) is 12.8 Å². The van der Waals surface area contributed by atoms with Crippen molar-refractivity contribution in [1.82, 2.24) is 9.78 Å². The smallest absolute Gasteiger partial charge is 0.0624 e. The molecule has 0 aromatic carbocycles. The van der Waals surface area contributed by atoms with E-state index in [0.717, 1.165) is 12.8 Å². The van der Waals surface area contributed by atoms with Crippen LogP contribution in [0, 0.1) is 0 Å². The Morgan fingerprint density at radius 3 is 2.50 bits per heavy atom. The minimum atomic E-state index is 0.551. The van der Waals surface area contributed by atoms with Gasteiger partial charge in [0, 0.05) is 11.7 Å². The van der Waals surface area contributed by atoms with E-state index in [0.29, 0.717) is 6.04 Å². The third-order valence-electron chi connectivity index (χ3n) is 2.71. The van der Waals surface area contributed by atoms with Crippen LogP contribution in [0.1, 0.15) is 58.0 Å². The highest BCUT2D eigenvalue weighted by atomic mass is 15.3. The zero-order valence-electron chi connectivity index (χ0n) is 9.88. The molecule has 2 heteroatoms. The van der Waals surface area contributed by atoms with Crippen molar-refractivity contribution in [3.05, 3.63) is 17.5 Å². The number of hydrogen-bond acceptors (Lipinski definition) is 1. The normalized spacial score (nSPS) is 13.1. The molecule has 80 valence electrons. The Kier molecular flexibility index (Phi) is 4.18. The maximum Gasteiger partial charge on any atom is 0.0624 e. The first kappa shape index (κ1) is 11.3. The van der Waals surface area contributed by atoms with E-state index < -0.39 is 0 Å². The number of rotatable bonds is 5. The highest BCUT2D eigenvalue weighted by Crippen LogP contribution is 2.17. The van der Waals surface area contributed by atoms with E-state index in [1.165, 1.54) is 24.2 Å². The van der Waals surface area contributed by atoms with E-state index in [1.54, 1.807) is 0 Å². The molecule has 0 aliphatic rings. The second kappa shape index (κ2) is 5.18. The molecule has 0 saturated heterocycles. The number of nitrogens with zero attached hydrogens (tertiary/aromatic N) is 2. The fraction of sp³-hybridized carbons (Fsp3) is 0.750. The van der Waals surface area contributed by atoms with Crippen molar-refractivity contribution in [3.63, 3.8) is 0 Å². The molecule has 2 nitrogen and oxygen atoms in total. The molecule has 1 atom stereocenters. The summed E-state index contributed by atoms with van der Waals surface area (Å²) in [5.74, 6) is 0. The Morgan fingerprint density at radius 1 is 1.29 bits per heavy atom. The van der Waals surface area contributed by atoms with Gasteiger partial charge in [0.1, 0.15) is 0 Å². The van der Waals surface area contributed by atoms with E-state index in [4.69, 9.17) is 0 Å². The molecule has 1 rings (SSSR count). The summed E-state index contributed by atoms with van der Waals surface area (Å²) in [7, 11) is 0. The van der Waals surface area contributed by atoms with Crippen molar-refractivity contribution < 1.29 is 0 Å². The number of aromatic nitrogens is 2. The van der Waals surface area contributed by atoms with Gasteiger partial charge in [0.05, 0.1) is 5.69 Å². The molecule has 0 fully saturated rings. The molecular formula is C12H22N2. The molecule has 1 unspecified atom stereocenters. The van der Waals surface area contributed by atoms with Crippen LogP contribution in [0.4, 0.5) is 0 Å². The minimum absolute atomic E-state index is 0.551.